The first kappa shape index (κ1) is 28.1. The summed E-state index contributed by atoms with van der Waals surface area (Å²) < 4.78 is 0. The van der Waals surface area contributed by atoms with E-state index in [4.69, 9.17) is 12.2 Å². The molecule has 0 bridgehead atoms. The van der Waals surface area contributed by atoms with Crippen LogP contribution in [0.1, 0.15) is 57.6 Å². The first-order chi connectivity index (χ1) is 17.3. The molecule has 0 aliphatic carbocycles. The maximum atomic E-state index is 12.7. The number of phenols is 1. The molecule has 0 aromatic heterocycles. The van der Waals surface area contributed by atoms with Crippen LogP contribution < -0.4 is 16.0 Å². The number of hydrogen-bond donors (Lipinski definition) is 4. The maximum absolute atomic E-state index is 12.7. The molecule has 196 valence electrons. The van der Waals surface area contributed by atoms with Gasteiger partial charge in [-0.25, -0.2) is 0 Å². The molecule has 0 heterocycles. The fraction of sp³-hybridized carbons (Fsp3) is 0.367. The Kier molecular flexibility index (Phi) is 9.27. The first-order valence-electron chi connectivity index (χ1n) is 12.5. The monoisotopic (exact) mass is 519 g/mol. The Labute approximate surface area is 224 Å². The molecule has 0 saturated heterocycles. The summed E-state index contributed by atoms with van der Waals surface area (Å²) in [4.78, 5) is 25.7. The first-order valence-corrected chi connectivity index (χ1v) is 12.9. The van der Waals surface area contributed by atoms with Crippen molar-refractivity contribution in [1.82, 2.24) is 10.6 Å². The van der Waals surface area contributed by atoms with Gasteiger partial charge >= 0.3 is 0 Å². The molecule has 2 amide bonds. The number of anilines is 1. The van der Waals surface area contributed by atoms with Gasteiger partial charge in [-0.05, 0) is 73.4 Å². The summed E-state index contributed by atoms with van der Waals surface area (Å²) in [6, 6.07) is 11.8. The Morgan fingerprint density at radius 3 is 1.97 bits per heavy atom. The highest BCUT2D eigenvalue weighted by Crippen LogP contribution is 2.43. The molecule has 0 radical (unpaired) electrons. The highest BCUT2D eigenvalue weighted by Gasteiger charge is 2.17. The zero-order chi connectivity index (χ0) is 25.8. The lowest BCUT2D eigenvalue weighted by atomic mass is 9.89. The average molecular weight is 520 g/mol. The number of rotatable bonds is 10. The summed E-state index contributed by atoms with van der Waals surface area (Å²) in [6.45, 7) is 7.48. The predicted octanol–water partition coefficient (Wildman–Crippen LogP) is 6.48. The second-order valence-corrected chi connectivity index (χ2v) is 10.1. The second-order valence-electron chi connectivity index (χ2n) is 9.47. The van der Waals surface area contributed by atoms with E-state index in [-0.39, 0.29) is 37.8 Å². The highest BCUT2D eigenvalue weighted by atomic mass is 32.1. The van der Waals surface area contributed by atoms with Gasteiger partial charge in [0.05, 0.1) is 10.7 Å². The molecule has 0 saturated carbocycles. The lowest BCUT2D eigenvalue weighted by molar-refractivity contribution is -0.124. The van der Waals surface area contributed by atoms with Gasteiger partial charge in [0, 0.05) is 48.2 Å². The topological polar surface area (TPSA) is 90.5 Å². The Bertz CT molecular complexity index is 1430. The number of benzene rings is 4. The minimum Gasteiger partial charge on any atom is -0.507 e. The van der Waals surface area contributed by atoms with Gasteiger partial charge in [-0.3, -0.25) is 9.59 Å². The highest BCUT2D eigenvalue weighted by molar-refractivity contribution is 7.80. The third-order valence-corrected chi connectivity index (χ3v) is 6.84. The van der Waals surface area contributed by atoms with Gasteiger partial charge in [0.15, 0.2) is 0 Å². The third-order valence-electron chi connectivity index (χ3n) is 6.69. The van der Waals surface area contributed by atoms with E-state index in [9.17, 15) is 14.7 Å². The fourth-order valence-electron chi connectivity index (χ4n) is 4.91. The smallest absolute Gasteiger partial charge is 0.224 e. The molecule has 0 aliphatic heterocycles. The van der Waals surface area contributed by atoms with Crippen molar-refractivity contribution in [2.45, 2.75) is 60.3 Å². The molecule has 37 heavy (non-hydrogen) atoms. The van der Waals surface area contributed by atoms with Crippen LogP contribution in [-0.4, -0.2) is 35.0 Å². The molecular formula is C30H37N3O3S. The zero-order valence-electron chi connectivity index (χ0n) is 21.1. The largest absolute Gasteiger partial charge is 0.507 e. The predicted molar refractivity (Wildman–Crippen MR) is 159 cm³/mol. The molecule has 4 aromatic carbocycles. The summed E-state index contributed by atoms with van der Waals surface area (Å²) in [5.41, 5.74) is 2.91. The molecule has 0 atom stereocenters. The molecule has 0 spiro atoms. The van der Waals surface area contributed by atoms with E-state index in [2.05, 4.69) is 41.9 Å². The number of unbranched alkanes of at least 4 members (excludes halogenated alkanes) is 2. The van der Waals surface area contributed by atoms with Crippen LogP contribution in [0.2, 0.25) is 0 Å². The molecule has 0 unspecified atom stereocenters. The Balaban J connectivity index is 0.00000380. The van der Waals surface area contributed by atoms with Crippen LogP contribution >= 0.6 is 12.2 Å². The van der Waals surface area contributed by atoms with Crippen LogP contribution in [-0.2, 0) is 9.59 Å². The minimum absolute atomic E-state index is 0. The number of thiocarbonyl (C=S) groups is 1. The number of amides is 2. The van der Waals surface area contributed by atoms with Gasteiger partial charge < -0.3 is 21.1 Å². The summed E-state index contributed by atoms with van der Waals surface area (Å²) >= 11 is 4.98. The molecular weight excluding hydrogens is 482 g/mol. The van der Waals surface area contributed by atoms with Crippen molar-refractivity contribution in [2.75, 3.05) is 18.4 Å². The van der Waals surface area contributed by atoms with E-state index in [1.807, 2.05) is 25.1 Å². The Hall–Kier alpha value is -3.45. The van der Waals surface area contributed by atoms with Crippen LogP contribution in [0.5, 0.6) is 5.75 Å². The normalized spacial score (nSPS) is 11.0. The summed E-state index contributed by atoms with van der Waals surface area (Å²) in [5.74, 6) is -0.268. The summed E-state index contributed by atoms with van der Waals surface area (Å²) in [5, 5.41) is 25.7. The van der Waals surface area contributed by atoms with Gasteiger partial charge in [0.25, 0.3) is 0 Å². The van der Waals surface area contributed by atoms with E-state index < -0.39 is 0 Å². The van der Waals surface area contributed by atoms with Crippen LogP contribution in [0.4, 0.5) is 5.69 Å². The molecule has 4 N–H and O–H groups in total. The van der Waals surface area contributed by atoms with Crippen molar-refractivity contribution in [3.05, 3.63) is 47.5 Å². The maximum Gasteiger partial charge on any atom is 0.224 e. The lowest BCUT2D eigenvalue weighted by Crippen LogP contribution is -2.26. The quantitative estimate of drug-likeness (QED) is 0.109. The van der Waals surface area contributed by atoms with Crippen molar-refractivity contribution >= 4 is 67.0 Å². The van der Waals surface area contributed by atoms with E-state index in [0.29, 0.717) is 12.2 Å². The fourth-order valence-corrected chi connectivity index (χ4v) is 5.02. The third kappa shape index (κ3) is 6.28. The second kappa shape index (κ2) is 12.2. The standard InChI is InChI=1S/C29H33N3O3S.CH4/c1-17-15-18(2)21-8-10-23-25(33)16-24(22-9-7-20(17)28(21)29(22)23)32-27(35)12-11-26(34)31-14-6-4-5-13-30-19(3)36;/h7-10,15-16,33H,4-6,11-14H2,1-3H3,(H,30,36)(H,31,34)(H,32,35);1H4. The Morgan fingerprint density at radius 2 is 1.32 bits per heavy atom. The van der Waals surface area contributed by atoms with Crippen LogP contribution in [0.25, 0.3) is 32.3 Å². The number of carbonyl (C=O) groups is 2. The van der Waals surface area contributed by atoms with Crippen molar-refractivity contribution in [3.8, 4) is 5.75 Å². The number of phenolic OH excluding ortho intramolecular Hbond substituents is 1. The SMILES string of the molecule is C.CC(=S)NCCCCCNC(=O)CCC(=O)Nc1cc(O)c2ccc3c(C)cc(C)c4ccc1c2c34. The number of aryl methyl sites for hydroxylation is 2. The van der Waals surface area contributed by atoms with Crippen LogP contribution in [0.3, 0.4) is 0 Å². The van der Waals surface area contributed by atoms with Crippen LogP contribution in [0.15, 0.2) is 36.4 Å². The van der Waals surface area contributed by atoms with Crippen molar-refractivity contribution in [3.63, 3.8) is 0 Å². The molecule has 4 aromatic rings. The van der Waals surface area contributed by atoms with Crippen molar-refractivity contribution in [2.24, 2.45) is 0 Å². The van der Waals surface area contributed by atoms with Crippen molar-refractivity contribution < 1.29 is 14.7 Å². The average Bonchev–Trinajstić information content (AvgIpc) is 2.83. The minimum atomic E-state index is -0.256. The van der Waals surface area contributed by atoms with E-state index in [1.165, 1.54) is 11.1 Å². The number of aromatic hydroxyl groups is 1. The summed E-state index contributed by atoms with van der Waals surface area (Å²) in [6.07, 6.45) is 3.07. The molecule has 4 rings (SSSR count). The zero-order valence-corrected chi connectivity index (χ0v) is 21.9. The summed E-state index contributed by atoms with van der Waals surface area (Å²) in [7, 11) is 0. The van der Waals surface area contributed by atoms with Gasteiger partial charge in [-0.2, -0.15) is 0 Å². The molecule has 7 heteroatoms. The van der Waals surface area contributed by atoms with Gasteiger partial charge in [0.2, 0.25) is 11.8 Å². The van der Waals surface area contributed by atoms with Crippen LogP contribution in [0, 0.1) is 13.8 Å². The molecule has 0 fully saturated rings. The van der Waals surface area contributed by atoms with E-state index in [1.54, 1.807) is 6.07 Å². The number of hydrogen-bond acceptors (Lipinski definition) is 4. The van der Waals surface area contributed by atoms with Crippen molar-refractivity contribution in [1.29, 1.82) is 0 Å². The van der Waals surface area contributed by atoms with E-state index in [0.717, 1.165) is 63.1 Å². The van der Waals surface area contributed by atoms with Gasteiger partial charge in [0.1, 0.15) is 5.75 Å². The molecule has 6 nitrogen and oxygen atoms in total. The molecule has 0 aliphatic rings. The van der Waals surface area contributed by atoms with Gasteiger partial charge in [-0.1, -0.05) is 43.9 Å². The number of nitrogens with one attached hydrogen (secondary N) is 3. The number of carbonyl (C=O) groups excluding carboxylic acids is 2. The Morgan fingerprint density at radius 1 is 0.784 bits per heavy atom. The lowest BCUT2D eigenvalue weighted by Gasteiger charge is -2.18. The van der Waals surface area contributed by atoms with E-state index >= 15 is 0 Å². The van der Waals surface area contributed by atoms with Gasteiger partial charge in [-0.15, -0.1) is 0 Å².